The number of hydrogen-bond acceptors (Lipinski definition) is 0. The predicted molar refractivity (Wildman–Crippen MR) is 150 cm³/mol. The van der Waals surface area contributed by atoms with Gasteiger partial charge >= 0.3 is 0 Å². The van der Waals surface area contributed by atoms with E-state index < -0.39 is 0 Å². The molecule has 0 bridgehead atoms. The van der Waals surface area contributed by atoms with Crippen molar-refractivity contribution in [1.29, 1.82) is 0 Å². The smallest absolute Gasteiger partial charge is 0.0241 e. The Balaban J connectivity index is 1.11. The molecule has 0 unspecified atom stereocenters. The minimum atomic E-state index is 0.747. The summed E-state index contributed by atoms with van der Waals surface area (Å²) in [7, 11) is 0. The molecule has 0 saturated carbocycles. The fourth-order valence-corrected chi connectivity index (χ4v) is 7.58. The summed E-state index contributed by atoms with van der Waals surface area (Å²) in [6, 6.07) is 35.0. The fraction of sp³-hybridized carbons (Fsp3) is 0.333. The summed E-state index contributed by atoms with van der Waals surface area (Å²) in [4.78, 5) is 0. The van der Waals surface area contributed by atoms with E-state index in [2.05, 4.69) is 91.0 Å². The summed E-state index contributed by atoms with van der Waals surface area (Å²) in [6.45, 7) is 0. The van der Waals surface area contributed by atoms with Gasteiger partial charge in [0.15, 0.2) is 0 Å². The minimum absolute atomic E-state index is 0.747. The zero-order chi connectivity index (χ0) is 23.9. The van der Waals surface area contributed by atoms with Crippen LogP contribution in [-0.2, 0) is 57.8 Å². The van der Waals surface area contributed by atoms with Gasteiger partial charge in [0.25, 0.3) is 0 Å². The molecule has 0 atom stereocenters. The van der Waals surface area contributed by atoms with E-state index >= 15 is 0 Å². The van der Waals surface area contributed by atoms with Crippen molar-refractivity contribution in [3.8, 4) is 0 Å². The van der Waals surface area contributed by atoms with Gasteiger partial charge in [0, 0.05) is 0 Å². The average Bonchev–Trinajstić information content (AvgIpc) is 3.58. The molecule has 0 fully saturated rings. The lowest BCUT2D eigenvalue weighted by molar-refractivity contribution is 0.543. The molecule has 0 aliphatic heterocycles. The van der Waals surface area contributed by atoms with Crippen LogP contribution >= 0.6 is 0 Å². The second-order valence-corrected chi connectivity index (χ2v) is 11.9. The molecule has 0 aromatic heterocycles. The Bertz CT molecular complexity index is 1140. The van der Waals surface area contributed by atoms with E-state index in [1.165, 1.54) is 57.8 Å². The molecule has 0 heteroatoms. The van der Waals surface area contributed by atoms with Crippen molar-refractivity contribution in [2.75, 3.05) is 0 Å². The van der Waals surface area contributed by atoms with Crippen LogP contribution in [0.5, 0.6) is 0 Å². The molecule has 3 aliphatic carbocycles. The first kappa shape index (κ1) is 22.1. The fourth-order valence-electron chi connectivity index (χ4n) is 7.58. The zero-order valence-electron chi connectivity index (χ0n) is 21.3. The van der Waals surface area contributed by atoms with Gasteiger partial charge in [0.2, 0.25) is 0 Å². The topological polar surface area (TPSA) is 0 Å². The molecule has 180 valence electrons. The van der Waals surface area contributed by atoms with Crippen molar-refractivity contribution in [3.05, 3.63) is 141 Å². The van der Waals surface area contributed by atoms with Gasteiger partial charge in [-0.3, -0.25) is 0 Å². The van der Waals surface area contributed by atoms with Crippen molar-refractivity contribution in [2.24, 2.45) is 17.8 Å². The van der Waals surface area contributed by atoms with E-state index in [-0.39, 0.29) is 0 Å². The lowest BCUT2D eigenvalue weighted by Gasteiger charge is -2.17. The Labute approximate surface area is 216 Å². The molecule has 0 N–H and O–H groups in total. The number of rotatable bonds is 6. The van der Waals surface area contributed by atoms with Crippen LogP contribution in [-0.4, -0.2) is 0 Å². The Morgan fingerprint density at radius 2 is 0.583 bits per heavy atom. The Morgan fingerprint density at radius 1 is 0.361 bits per heavy atom. The Morgan fingerprint density at radius 3 is 0.806 bits per heavy atom. The molecule has 3 aliphatic rings. The van der Waals surface area contributed by atoms with Crippen molar-refractivity contribution < 1.29 is 0 Å². The monoisotopic (exact) mass is 468 g/mol. The summed E-state index contributed by atoms with van der Waals surface area (Å²) < 4.78 is 0. The van der Waals surface area contributed by atoms with Crippen molar-refractivity contribution in [3.63, 3.8) is 0 Å². The summed E-state index contributed by atoms with van der Waals surface area (Å²) in [5.74, 6) is 2.24. The summed E-state index contributed by atoms with van der Waals surface area (Å²) in [5.41, 5.74) is 14.2. The second-order valence-electron chi connectivity index (χ2n) is 11.9. The normalized spacial score (nSPS) is 17.3. The van der Waals surface area contributed by atoms with Crippen molar-refractivity contribution in [1.82, 2.24) is 0 Å². The van der Waals surface area contributed by atoms with Crippen molar-refractivity contribution in [2.45, 2.75) is 57.8 Å². The van der Waals surface area contributed by atoms with Gasteiger partial charge in [0.1, 0.15) is 0 Å². The maximum atomic E-state index is 2.57. The van der Waals surface area contributed by atoms with Gasteiger partial charge in [0.05, 0.1) is 0 Å². The Hall–Kier alpha value is -3.12. The maximum absolute atomic E-state index is 2.57. The van der Waals surface area contributed by atoms with E-state index in [0.29, 0.717) is 0 Å². The van der Waals surface area contributed by atoms with Crippen LogP contribution < -0.4 is 0 Å². The number of fused-ring (bicyclic) bond motifs is 3. The highest BCUT2D eigenvalue weighted by Gasteiger charge is 2.25. The third kappa shape index (κ3) is 4.55. The molecule has 0 heterocycles. The first-order valence-corrected chi connectivity index (χ1v) is 14.1. The van der Waals surface area contributed by atoms with Crippen LogP contribution in [0.2, 0.25) is 0 Å². The minimum Gasteiger partial charge on any atom is -0.0620 e. The average molecular weight is 469 g/mol. The molecule has 36 heavy (non-hydrogen) atoms. The predicted octanol–water partition coefficient (Wildman–Crippen LogP) is 7.56. The highest BCUT2D eigenvalue weighted by Crippen LogP contribution is 2.34. The zero-order valence-corrected chi connectivity index (χ0v) is 21.3. The highest BCUT2D eigenvalue weighted by atomic mass is 14.3. The summed E-state index contributed by atoms with van der Waals surface area (Å²) in [5, 5.41) is 0. The van der Waals surface area contributed by atoms with Gasteiger partial charge in [-0.1, -0.05) is 91.0 Å². The third-order valence-electron chi connectivity index (χ3n) is 9.09. The molecule has 0 radical (unpaired) electrons. The standard InChI is InChI=1S/C36H36/c1-2-8-32-20-28(19-31(32)7-1)16-25-13-26(17-29-21-33-9-3-4-10-34(33)22-29)15-27(14-25)18-30-23-35-11-5-6-12-36(35)24-30/h1-15,28-30H,16-24H2. The molecule has 4 aromatic carbocycles. The molecule has 0 saturated heterocycles. The third-order valence-corrected chi connectivity index (χ3v) is 9.09. The quantitative estimate of drug-likeness (QED) is 0.274. The van der Waals surface area contributed by atoms with Gasteiger partial charge in [-0.15, -0.1) is 0 Å². The van der Waals surface area contributed by atoms with Crippen molar-refractivity contribution >= 4 is 0 Å². The van der Waals surface area contributed by atoms with Gasteiger partial charge in [-0.05, 0) is 126 Å². The van der Waals surface area contributed by atoms with Crippen LogP contribution in [0.1, 0.15) is 50.1 Å². The lowest BCUT2D eigenvalue weighted by atomic mass is 9.88. The van der Waals surface area contributed by atoms with Crippen LogP contribution in [0.3, 0.4) is 0 Å². The lowest BCUT2D eigenvalue weighted by Crippen LogP contribution is -2.10. The molecule has 0 amide bonds. The van der Waals surface area contributed by atoms with Gasteiger partial charge in [-0.2, -0.15) is 0 Å². The molecular weight excluding hydrogens is 432 g/mol. The van der Waals surface area contributed by atoms with Gasteiger partial charge in [-0.25, -0.2) is 0 Å². The molecular formula is C36H36. The van der Waals surface area contributed by atoms with Crippen LogP contribution in [0.4, 0.5) is 0 Å². The SMILES string of the molecule is c1ccc2c(c1)CC(Cc1cc(CC3Cc4ccccc4C3)cc(CC3Cc4ccccc4C3)c1)C2. The number of benzene rings is 4. The number of hydrogen-bond donors (Lipinski definition) is 0. The van der Waals surface area contributed by atoms with E-state index in [1.54, 1.807) is 50.1 Å². The van der Waals surface area contributed by atoms with Crippen LogP contribution in [0.15, 0.2) is 91.0 Å². The maximum Gasteiger partial charge on any atom is -0.0241 e. The van der Waals surface area contributed by atoms with E-state index in [9.17, 15) is 0 Å². The first-order valence-electron chi connectivity index (χ1n) is 14.1. The van der Waals surface area contributed by atoms with Gasteiger partial charge < -0.3 is 0 Å². The van der Waals surface area contributed by atoms with Crippen LogP contribution in [0.25, 0.3) is 0 Å². The molecule has 0 spiro atoms. The Kier molecular flexibility index (Phi) is 5.77. The summed E-state index contributed by atoms with van der Waals surface area (Å²) in [6.07, 6.45) is 11.1. The highest BCUT2D eigenvalue weighted by molar-refractivity contribution is 5.38. The molecule has 0 nitrogen and oxygen atoms in total. The molecule has 7 rings (SSSR count). The molecule has 4 aromatic rings. The largest absolute Gasteiger partial charge is 0.0620 e. The first-order chi connectivity index (χ1) is 17.7. The van der Waals surface area contributed by atoms with E-state index in [0.717, 1.165) is 17.8 Å². The second kappa shape index (κ2) is 9.40. The van der Waals surface area contributed by atoms with E-state index in [4.69, 9.17) is 0 Å². The summed E-state index contributed by atoms with van der Waals surface area (Å²) >= 11 is 0. The van der Waals surface area contributed by atoms with E-state index in [1.807, 2.05) is 0 Å². The van der Waals surface area contributed by atoms with Crippen LogP contribution in [0, 0.1) is 17.8 Å².